The minimum Gasteiger partial charge on any atom is -0.491 e. The SMILES string of the molecule is CC(C)Oc1ccc(/C=C2\SC(=O)N(CC(=O)Nc3ccc(F)c(Cl)c3)C2=O)cc1. The number of thioether (sulfide) groups is 1. The molecule has 0 radical (unpaired) electrons. The minimum absolute atomic E-state index is 0.0458. The van der Waals surface area contributed by atoms with Crippen LogP contribution in [0.2, 0.25) is 5.02 Å². The van der Waals surface area contributed by atoms with Gasteiger partial charge in [0, 0.05) is 5.69 Å². The molecule has 0 aliphatic carbocycles. The number of carbonyl (C=O) groups excluding carboxylic acids is 3. The zero-order chi connectivity index (χ0) is 21.8. The molecule has 0 saturated carbocycles. The van der Waals surface area contributed by atoms with E-state index < -0.39 is 29.4 Å². The van der Waals surface area contributed by atoms with Crippen molar-refractivity contribution in [1.82, 2.24) is 4.90 Å². The Morgan fingerprint density at radius 1 is 1.23 bits per heavy atom. The van der Waals surface area contributed by atoms with Crippen LogP contribution in [0.5, 0.6) is 5.75 Å². The Balaban J connectivity index is 1.65. The number of imide groups is 1. The fourth-order valence-electron chi connectivity index (χ4n) is 2.62. The Hall–Kier alpha value is -2.84. The zero-order valence-corrected chi connectivity index (χ0v) is 17.7. The quantitative estimate of drug-likeness (QED) is 0.633. The third-order valence-electron chi connectivity index (χ3n) is 3.93. The van der Waals surface area contributed by atoms with Gasteiger partial charge in [-0.1, -0.05) is 23.7 Å². The number of nitrogens with zero attached hydrogens (tertiary/aromatic N) is 1. The molecule has 3 amide bonds. The minimum atomic E-state index is -0.616. The van der Waals surface area contributed by atoms with Crippen LogP contribution in [-0.2, 0) is 9.59 Å². The molecule has 1 aliphatic heterocycles. The normalized spacial score (nSPS) is 15.2. The number of carbonyl (C=O) groups is 3. The Bertz CT molecular complexity index is 1020. The standard InChI is InChI=1S/C21H18ClFN2O4S/c1-12(2)29-15-6-3-13(4-7-15)9-18-20(27)25(21(28)30-18)11-19(26)24-14-5-8-17(23)16(22)10-14/h3-10,12H,11H2,1-2H3,(H,24,26)/b18-9-. The van der Waals surface area contributed by atoms with Gasteiger partial charge in [0.1, 0.15) is 18.1 Å². The average Bonchev–Trinajstić information content (AvgIpc) is 2.93. The Morgan fingerprint density at radius 2 is 1.93 bits per heavy atom. The van der Waals surface area contributed by atoms with E-state index in [1.807, 2.05) is 13.8 Å². The number of amides is 3. The van der Waals surface area contributed by atoms with Crippen LogP contribution >= 0.6 is 23.4 Å². The van der Waals surface area contributed by atoms with E-state index in [1.165, 1.54) is 12.1 Å². The lowest BCUT2D eigenvalue weighted by Gasteiger charge is -2.12. The van der Waals surface area contributed by atoms with Gasteiger partial charge in [-0.05, 0) is 67.6 Å². The van der Waals surface area contributed by atoms with E-state index in [2.05, 4.69) is 5.32 Å². The number of anilines is 1. The van der Waals surface area contributed by atoms with Crippen molar-refractivity contribution in [3.63, 3.8) is 0 Å². The summed E-state index contributed by atoms with van der Waals surface area (Å²) in [6.07, 6.45) is 1.63. The summed E-state index contributed by atoms with van der Waals surface area (Å²) in [5.41, 5.74) is 0.986. The average molecular weight is 449 g/mol. The highest BCUT2D eigenvalue weighted by Gasteiger charge is 2.36. The smallest absolute Gasteiger partial charge is 0.294 e. The van der Waals surface area contributed by atoms with E-state index >= 15 is 0 Å². The summed E-state index contributed by atoms with van der Waals surface area (Å²) in [6, 6.07) is 10.8. The molecule has 9 heteroatoms. The molecule has 1 heterocycles. The second-order valence-corrected chi connectivity index (χ2v) is 8.08. The maximum Gasteiger partial charge on any atom is 0.294 e. The molecular weight excluding hydrogens is 431 g/mol. The number of benzene rings is 2. The first-order valence-corrected chi connectivity index (χ1v) is 10.2. The molecule has 0 atom stereocenters. The van der Waals surface area contributed by atoms with Gasteiger partial charge in [-0.2, -0.15) is 0 Å². The highest BCUT2D eigenvalue weighted by molar-refractivity contribution is 8.18. The van der Waals surface area contributed by atoms with Crippen LogP contribution in [0.25, 0.3) is 6.08 Å². The van der Waals surface area contributed by atoms with Crippen molar-refractivity contribution < 1.29 is 23.5 Å². The molecule has 0 unspecified atom stereocenters. The van der Waals surface area contributed by atoms with E-state index in [0.29, 0.717) is 5.75 Å². The first-order valence-electron chi connectivity index (χ1n) is 9.00. The highest BCUT2D eigenvalue weighted by atomic mass is 35.5. The lowest BCUT2D eigenvalue weighted by molar-refractivity contribution is -0.127. The van der Waals surface area contributed by atoms with E-state index in [9.17, 15) is 18.8 Å². The third-order valence-corrected chi connectivity index (χ3v) is 5.13. The van der Waals surface area contributed by atoms with Crippen molar-refractivity contribution in [2.24, 2.45) is 0 Å². The summed E-state index contributed by atoms with van der Waals surface area (Å²) in [5, 5.41) is 1.80. The molecule has 1 N–H and O–H groups in total. The summed E-state index contributed by atoms with van der Waals surface area (Å²) in [7, 11) is 0. The zero-order valence-electron chi connectivity index (χ0n) is 16.1. The van der Waals surface area contributed by atoms with Crippen LogP contribution < -0.4 is 10.1 Å². The fraction of sp³-hybridized carbons (Fsp3) is 0.190. The largest absolute Gasteiger partial charge is 0.491 e. The maximum atomic E-state index is 13.2. The van der Waals surface area contributed by atoms with Crippen LogP contribution in [0.1, 0.15) is 19.4 Å². The summed E-state index contributed by atoms with van der Waals surface area (Å²) >= 11 is 6.44. The lowest BCUT2D eigenvalue weighted by Crippen LogP contribution is -2.36. The Morgan fingerprint density at radius 3 is 2.57 bits per heavy atom. The molecule has 30 heavy (non-hydrogen) atoms. The number of halogens is 2. The molecule has 0 bridgehead atoms. The van der Waals surface area contributed by atoms with Gasteiger partial charge in [-0.25, -0.2) is 4.39 Å². The van der Waals surface area contributed by atoms with Gasteiger partial charge in [-0.3, -0.25) is 19.3 Å². The van der Waals surface area contributed by atoms with Gasteiger partial charge in [-0.15, -0.1) is 0 Å². The summed E-state index contributed by atoms with van der Waals surface area (Å²) in [6.45, 7) is 3.38. The van der Waals surface area contributed by atoms with Crippen LogP contribution in [-0.4, -0.2) is 34.6 Å². The van der Waals surface area contributed by atoms with Crippen molar-refractivity contribution in [3.8, 4) is 5.75 Å². The van der Waals surface area contributed by atoms with Gasteiger partial charge < -0.3 is 10.1 Å². The molecule has 6 nitrogen and oxygen atoms in total. The van der Waals surface area contributed by atoms with Crippen molar-refractivity contribution in [1.29, 1.82) is 0 Å². The van der Waals surface area contributed by atoms with Crippen molar-refractivity contribution in [2.75, 3.05) is 11.9 Å². The maximum absolute atomic E-state index is 13.2. The Labute approximate surface area is 182 Å². The molecule has 156 valence electrons. The summed E-state index contributed by atoms with van der Waals surface area (Å²) in [5.74, 6) is -1.07. The first-order chi connectivity index (χ1) is 14.2. The molecule has 0 spiro atoms. The highest BCUT2D eigenvalue weighted by Crippen LogP contribution is 2.32. The monoisotopic (exact) mass is 448 g/mol. The fourth-order valence-corrected chi connectivity index (χ4v) is 3.64. The van der Waals surface area contributed by atoms with Gasteiger partial charge in [0.05, 0.1) is 16.0 Å². The Kier molecular flexibility index (Phi) is 6.79. The van der Waals surface area contributed by atoms with E-state index in [4.69, 9.17) is 16.3 Å². The predicted octanol–water partition coefficient (Wildman–Crippen LogP) is 4.94. The molecule has 2 aromatic carbocycles. The summed E-state index contributed by atoms with van der Waals surface area (Å²) < 4.78 is 18.8. The van der Waals surface area contributed by atoms with E-state index in [0.717, 1.165) is 28.3 Å². The second-order valence-electron chi connectivity index (χ2n) is 6.68. The van der Waals surface area contributed by atoms with Crippen LogP contribution in [0.15, 0.2) is 47.4 Å². The molecule has 0 aromatic heterocycles. The molecule has 3 rings (SSSR count). The third kappa shape index (κ3) is 5.40. The number of ether oxygens (including phenoxy) is 1. The lowest BCUT2D eigenvalue weighted by atomic mass is 10.2. The van der Waals surface area contributed by atoms with Crippen molar-refractivity contribution in [3.05, 3.63) is 63.8 Å². The van der Waals surface area contributed by atoms with Crippen LogP contribution in [0.4, 0.5) is 14.9 Å². The number of rotatable bonds is 6. The predicted molar refractivity (Wildman–Crippen MR) is 115 cm³/mol. The molecule has 2 aromatic rings. The second kappa shape index (κ2) is 9.32. The number of hydrogen-bond acceptors (Lipinski definition) is 5. The first kappa shape index (κ1) is 21.9. The van der Waals surface area contributed by atoms with Crippen molar-refractivity contribution >= 4 is 52.2 Å². The molecule has 1 fully saturated rings. The molecule has 1 aliphatic rings. The topological polar surface area (TPSA) is 75.7 Å². The van der Waals surface area contributed by atoms with Crippen LogP contribution in [0.3, 0.4) is 0 Å². The van der Waals surface area contributed by atoms with Crippen LogP contribution in [0, 0.1) is 5.82 Å². The number of nitrogens with one attached hydrogen (secondary N) is 1. The van der Waals surface area contributed by atoms with Gasteiger partial charge >= 0.3 is 0 Å². The van der Waals surface area contributed by atoms with Gasteiger partial charge in [0.15, 0.2) is 0 Å². The van der Waals surface area contributed by atoms with Gasteiger partial charge in [0.25, 0.3) is 11.1 Å². The summed E-state index contributed by atoms with van der Waals surface area (Å²) in [4.78, 5) is 38.0. The van der Waals surface area contributed by atoms with Crippen molar-refractivity contribution in [2.45, 2.75) is 20.0 Å². The number of hydrogen-bond donors (Lipinski definition) is 1. The van der Waals surface area contributed by atoms with Gasteiger partial charge in [0.2, 0.25) is 5.91 Å². The van der Waals surface area contributed by atoms with E-state index in [-0.39, 0.29) is 21.7 Å². The van der Waals surface area contributed by atoms with E-state index in [1.54, 1.807) is 30.3 Å². The molecular formula is C21H18ClFN2O4S. The molecule has 1 saturated heterocycles.